The number of hydrogen-bond acceptors (Lipinski definition) is 5. The largest absolute Gasteiger partial charge is 0.381 e. The molecule has 6 nitrogen and oxygen atoms in total. The van der Waals surface area contributed by atoms with Crippen molar-refractivity contribution in [1.29, 1.82) is 0 Å². The molecule has 23 heavy (non-hydrogen) atoms. The Kier molecular flexibility index (Phi) is 3.73. The van der Waals surface area contributed by atoms with Gasteiger partial charge in [0.1, 0.15) is 17.8 Å². The highest BCUT2D eigenvalue weighted by molar-refractivity contribution is 5.90. The molecule has 2 aliphatic heterocycles. The highest BCUT2D eigenvalue weighted by atomic mass is 16.5. The number of aromatic amines is 1. The van der Waals surface area contributed by atoms with Gasteiger partial charge in [-0.25, -0.2) is 9.97 Å². The normalized spacial score (nSPS) is 24.5. The van der Waals surface area contributed by atoms with Gasteiger partial charge in [0.15, 0.2) is 0 Å². The number of nitrogens with one attached hydrogen (secondary N) is 2. The molecular formula is C17H25N5O. The van der Waals surface area contributed by atoms with E-state index in [1.165, 1.54) is 5.56 Å². The van der Waals surface area contributed by atoms with Gasteiger partial charge in [0.25, 0.3) is 0 Å². The van der Waals surface area contributed by atoms with E-state index in [0.29, 0.717) is 11.6 Å². The molecule has 4 rings (SSSR count). The van der Waals surface area contributed by atoms with Crippen LogP contribution >= 0.6 is 0 Å². The number of aryl methyl sites for hydroxylation is 1. The third kappa shape index (κ3) is 2.50. The minimum absolute atomic E-state index is 0.299. The van der Waals surface area contributed by atoms with Crippen molar-refractivity contribution in [3.63, 3.8) is 0 Å². The molecule has 1 spiro atoms. The maximum absolute atomic E-state index is 5.56. The number of H-pyrrole nitrogens is 1. The zero-order chi connectivity index (χ0) is 15.9. The second-order valence-corrected chi connectivity index (χ2v) is 6.88. The number of anilines is 1. The van der Waals surface area contributed by atoms with Gasteiger partial charge in [-0.3, -0.25) is 4.90 Å². The van der Waals surface area contributed by atoms with E-state index in [4.69, 9.17) is 4.74 Å². The molecule has 1 atom stereocenters. The smallest absolute Gasteiger partial charge is 0.143 e. The Balaban J connectivity index is 1.58. The van der Waals surface area contributed by atoms with E-state index in [2.05, 4.69) is 39.1 Å². The van der Waals surface area contributed by atoms with Gasteiger partial charge in [0.05, 0.1) is 5.39 Å². The average Bonchev–Trinajstić information content (AvgIpc) is 3.11. The second-order valence-electron chi connectivity index (χ2n) is 6.88. The lowest BCUT2D eigenvalue weighted by molar-refractivity contribution is 0.00184. The summed E-state index contributed by atoms with van der Waals surface area (Å²) in [4.78, 5) is 14.6. The third-order valence-electron chi connectivity index (χ3n) is 5.63. The molecule has 0 aromatic carbocycles. The first-order valence-corrected chi connectivity index (χ1v) is 8.58. The van der Waals surface area contributed by atoms with Crippen LogP contribution in [0.15, 0.2) is 12.5 Å². The summed E-state index contributed by atoms with van der Waals surface area (Å²) in [5, 5.41) is 4.84. The molecule has 6 heteroatoms. The predicted octanol–water partition coefficient (Wildman–Crippen LogP) is 2.19. The van der Waals surface area contributed by atoms with Gasteiger partial charge < -0.3 is 15.0 Å². The van der Waals surface area contributed by atoms with Gasteiger partial charge >= 0.3 is 0 Å². The number of ether oxygens (including phenoxy) is 1. The lowest BCUT2D eigenvalue weighted by Gasteiger charge is -2.39. The monoisotopic (exact) mass is 315 g/mol. The van der Waals surface area contributed by atoms with Crippen molar-refractivity contribution in [3.8, 4) is 0 Å². The van der Waals surface area contributed by atoms with Gasteiger partial charge in [-0.2, -0.15) is 0 Å². The van der Waals surface area contributed by atoms with Crippen LogP contribution in [0.2, 0.25) is 0 Å². The fourth-order valence-corrected chi connectivity index (χ4v) is 4.25. The summed E-state index contributed by atoms with van der Waals surface area (Å²) in [6.45, 7) is 4.98. The van der Waals surface area contributed by atoms with Gasteiger partial charge in [-0.05, 0) is 38.3 Å². The highest BCUT2D eigenvalue weighted by Crippen LogP contribution is 2.38. The van der Waals surface area contributed by atoms with E-state index >= 15 is 0 Å². The van der Waals surface area contributed by atoms with E-state index in [1.807, 2.05) is 6.20 Å². The second kappa shape index (κ2) is 5.76. The zero-order valence-electron chi connectivity index (χ0n) is 13.9. The number of fused-ring (bicyclic) bond motifs is 1. The van der Waals surface area contributed by atoms with Crippen molar-refractivity contribution in [2.75, 3.05) is 32.1 Å². The summed E-state index contributed by atoms with van der Waals surface area (Å²) >= 11 is 0. The number of likely N-dealkylation sites (N-methyl/N-ethyl adjacent to an activating group) is 1. The van der Waals surface area contributed by atoms with Crippen LogP contribution in [0.4, 0.5) is 5.82 Å². The lowest BCUT2D eigenvalue weighted by Crippen LogP contribution is -2.45. The Labute approximate surface area is 136 Å². The lowest BCUT2D eigenvalue weighted by atomic mass is 9.86. The molecule has 0 saturated carbocycles. The molecule has 124 valence electrons. The molecule has 2 saturated heterocycles. The van der Waals surface area contributed by atoms with E-state index in [0.717, 1.165) is 62.3 Å². The molecule has 2 fully saturated rings. The van der Waals surface area contributed by atoms with Crippen molar-refractivity contribution >= 4 is 16.9 Å². The van der Waals surface area contributed by atoms with Gasteiger partial charge in [-0.1, -0.05) is 6.92 Å². The molecule has 2 aliphatic rings. The Bertz CT molecular complexity index is 691. The van der Waals surface area contributed by atoms with Crippen molar-refractivity contribution in [1.82, 2.24) is 19.9 Å². The summed E-state index contributed by atoms with van der Waals surface area (Å²) in [5.41, 5.74) is 2.50. The molecule has 0 radical (unpaired) electrons. The van der Waals surface area contributed by atoms with Gasteiger partial charge in [-0.15, -0.1) is 0 Å². The Morgan fingerprint density at radius 2 is 2.22 bits per heavy atom. The number of hydrogen-bond donors (Lipinski definition) is 2. The van der Waals surface area contributed by atoms with Crippen molar-refractivity contribution < 1.29 is 4.74 Å². The van der Waals surface area contributed by atoms with Gasteiger partial charge in [0.2, 0.25) is 0 Å². The first-order chi connectivity index (χ1) is 11.2. The molecule has 0 bridgehead atoms. The topological polar surface area (TPSA) is 66.1 Å². The number of aromatic nitrogens is 3. The molecular weight excluding hydrogens is 290 g/mol. The quantitative estimate of drug-likeness (QED) is 0.909. The number of rotatable bonds is 3. The summed E-state index contributed by atoms with van der Waals surface area (Å²) in [6, 6.07) is 0.427. The summed E-state index contributed by atoms with van der Waals surface area (Å²) < 4.78 is 5.56. The molecule has 2 N–H and O–H groups in total. The maximum atomic E-state index is 5.56. The van der Waals surface area contributed by atoms with Crippen LogP contribution in [-0.2, 0) is 11.2 Å². The fraction of sp³-hybridized carbons (Fsp3) is 0.647. The van der Waals surface area contributed by atoms with Crippen LogP contribution in [0.1, 0.15) is 31.7 Å². The standard InChI is InChI=1S/C17H25N5O/c1-3-12-9-18-15-14(12)16(20-11-19-15)21-13-8-17(22(2)10-13)4-6-23-7-5-17/h9,11,13H,3-8,10H2,1-2H3,(H2,18,19,20,21). The number of likely N-dealkylation sites (tertiary alicyclic amines) is 1. The predicted molar refractivity (Wildman–Crippen MR) is 90.7 cm³/mol. The van der Waals surface area contributed by atoms with E-state index in [9.17, 15) is 0 Å². The minimum atomic E-state index is 0.299. The average molecular weight is 315 g/mol. The van der Waals surface area contributed by atoms with Crippen LogP contribution in [0.5, 0.6) is 0 Å². The maximum Gasteiger partial charge on any atom is 0.143 e. The fourth-order valence-electron chi connectivity index (χ4n) is 4.25. The Morgan fingerprint density at radius 1 is 1.39 bits per heavy atom. The van der Waals surface area contributed by atoms with Crippen molar-refractivity contribution in [2.24, 2.45) is 0 Å². The van der Waals surface area contributed by atoms with Crippen LogP contribution in [0.3, 0.4) is 0 Å². The van der Waals surface area contributed by atoms with E-state index in [1.54, 1.807) is 6.33 Å². The molecule has 4 heterocycles. The van der Waals surface area contributed by atoms with E-state index < -0.39 is 0 Å². The molecule has 2 aromatic rings. The van der Waals surface area contributed by atoms with Crippen LogP contribution in [-0.4, -0.2) is 58.2 Å². The van der Waals surface area contributed by atoms with Crippen LogP contribution in [0.25, 0.3) is 11.0 Å². The molecule has 0 aliphatic carbocycles. The zero-order valence-corrected chi connectivity index (χ0v) is 13.9. The first kappa shape index (κ1) is 14.9. The van der Waals surface area contributed by atoms with Gasteiger partial charge in [0, 0.05) is 37.5 Å². The van der Waals surface area contributed by atoms with E-state index in [-0.39, 0.29) is 0 Å². The minimum Gasteiger partial charge on any atom is -0.381 e. The molecule has 1 unspecified atom stereocenters. The first-order valence-electron chi connectivity index (χ1n) is 8.58. The SMILES string of the molecule is CCc1c[nH]c2ncnc(NC3CN(C)C4(CCOCC4)C3)c12. The molecule has 0 amide bonds. The van der Waals surface area contributed by atoms with Crippen molar-refractivity contribution in [2.45, 2.75) is 44.2 Å². The highest BCUT2D eigenvalue weighted by Gasteiger charge is 2.44. The summed E-state index contributed by atoms with van der Waals surface area (Å²) in [7, 11) is 2.25. The summed E-state index contributed by atoms with van der Waals surface area (Å²) in [5.74, 6) is 0.968. The molecule has 2 aromatic heterocycles. The summed E-state index contributed by atoms with van der Waals surface area (Å²) in [6.07, 6.45) is 8.09. The Hall–Kier alpha value is -1.66. The van der Waals surface area contributed by atoms with Crippen molar-refractivity contribution in [3.05, 3.63) is 18.1 Å². The Morgan fingerprint density at radius 3 is 3.00 bits per heavy atom. The van der Waals surface area contributed by atoms with Crippen LogP contribution in [0, 0.1) is 0 Å². The van der Waals surface area contributed by atoms with Crippen LogP contribution < -0.4 is 5.32 Å². The third-order valence-corrected chi connectivity index (χ3v) is 5.63. The number of nitrogens with zero attached hydrogens (tertiary/aromatic N) is 3.